The number of hydrogen-bond donors (Lipinski definition) is 1. The maximum absolute atomic E-state index is 14.7. The smallest absolute Gasteiger partial charge is 0.246 e. The molecule has 6 nitrogen and oxygen atoms in total. The summed E-state index contributed by atoms with van der Waals surface area (Å²) in [6.07, 6.45) is 2.83. The highest BCUT2D eigenvalue weighted by molar-refractivity contribution is 6.16. The van der Waals surface area contributed by atoms with Gasteiger partial charge in [-0.2, -0.15) is 0 Å². The van der Waals surface area contributed by atoms with Crippen LogP contribution in [0.2, 0.25) is 0 Å². The Hall–Kier alpha value is -4.00. The summed E-state index contributed by atoms with van der Waals surface area (Å²) in [7, 11) is 0. The van der Waals surface area contributed by atoms with Crippen LogP contribution in [0.15, 0.2) is 67.5 Å². The Bertz CT molecular complexity index is 1340. The van der Waals surface area contributed by atoms with Crippen molar-refractivity contribution in [2.24, 2.45) is 0 Å². The first-order chi connectivity index (χ1) is 15.6. The van der Waals surface area contributed by atoms with Crippen molar-refractivity contribution in [1.82, 2.24) is 14.9 Å². The quantitative estimate of drug-likeness (QED) is 0.393. The molecule has 1 amide bonds. The molecule has 1 fully saturated rings. The summed E-state index contributed by atoms with van der Waals surface area (Å²) in [5.41, 5.74) is 1.40. The van der Waals surface area contributed by atoms with Gasteiger partial charge in [0.15, 0.2) is 0 Å². The number of hydrogen-bond acceptors (Lipinski definition) is 5. The minimum Gasteiger partial charge on any atom is -0.507 e. The monoisotopic (exact) mass is 428 g/mol. The van der Waals surface area contributed by atoms with Crippen molar-refractivity contribution in [3.63, 3.8) is 0 Å². The Morgan fingerprint density at radius 1 is 1.03 bits per heavy atom. The van der Waals surface area contributed by atoms with Crippen LogP contribution in [0.1, 0.15) is 0 Å². The highest BCUT2D eigenvalue weighted by atomic mass is 19.1. The molecule has 0 atom stereocenters. The zero-order chi connectivity index (χ0) is 22.2. The van der Waals surface area contributed by atoms with Crippen molar-refractivity contribution >= 4 is 33.4 Å². The van der Waals surface area contributed by atoms with Gasteiger partial charge in [-0.25, -0.2) is 14.4 Å². The molecule has 5 rings (SSSR count). The number of carbonyl (C=O) groups excluding carboxylic acids is 1. The third kappa shape index (κ3) is 3.22. The lowest BCUT2D eigenvalue weighted by atomic mass is 9.94. The van der Waals surface area contributed by atoms with E-state index in [1.807, 2.05) is 24.3 Å². The highest BCUT2D eigenvalue weighted by Crippen LogP contribution is 2.41. The summed E-state index contributed by atoms with van der Waals surface area (Å²) in [5, 5.41) is 13.0. The molecule has 0 unspecified atom stereocenters. The van der Waals surface area contributed by atoms with Crippen molar-refractivity contribution < 1.29 is 14.3 Å². The molecule has 0 aliphatic carbocycles. The molecule has 2 heterocycles. The van der Waals surface area contributed by atoms with Gasteiger partial charge in [-0.05, 0) is 40.6 Å². The number of rotatable bonds is 3. The van der Waals surface area contributed by atoms with E-state index >= 15 is 0 Å². The third-order valence-electron chi connectivity index (χ3n) is 5.95. The number of benzene rings is 3. The molecule has 160 valence electrons. The summed E-state index contributed by atoms with van der Waals surface area (Å²) < 4.78 is 14.7. The molecule has 4 aromatic rings. The van der Waals surface area contributed by atoms with Crippen LogP contribution in [0.25, 0.3) is 32.8 Å². The second-order valence-electron chi connectivity index (χ2n) is 7.71. The number of amides is 1. The predicted octanol–water partition coefficient (Wildman–Crippen LogP) is 4.13. The summed E-state index contributed by atoms with van der Waals surface area (Å²) in [6.45, 7) is 5.99. The minimum atomic E-state index is -0.494. The molecule has 0 bridgehead atoms. The van der Waals surface area contributed by atoms with Crippen molar-refractivity contribution in [2.75, 3.05) is 31.1 Å². The van der Waals surface area contributed by atoms with E-state index in [0.717, 1.165) is 22.0 Å². The van der Waals surface area contributed by atoms with Crippen molar-refractivity contribution in [1.29, 1.82) is 0 Å². The Kier molecular flexibility index (Phi) is 4.93. The molecule has 0 saturated carbocycles. The Labute approximate surface area is 184 Å². The van der Waals surface area contributed by atoms with Gasteiger partial charge in [-0.15, -0.1) is 0 Å². The molecule has 1 aliphatic rings. The number of aromatic hydroxyl groups is 1. The van der Waals surface area contributed by atoms with E-state index < -0.39 is 5.82 Å². The lowest BCUT2D eigenvalue weighted by molar-refractivity contribution is -0.126. The number of aromatic nitrogens is 2. The maximum Gasteiger partial charge on any atom is 0.246 e. The zero-order valence-electron chi connectivity index (χ0n) is 17.3. The van der Waals surface area contributed by atoms with Crippen LogP contribution in [0.4, 0.5) is 10.2 Å². The lowest BCUT2D eigenvalue weighted by Crippen LogP contribution is -2.48. The zero-order valence-corrected chi connectivity index (χ0v) is 17.3. The molecule has 3 aromatic carbocycles. The first-order valence-corrected chi connectivity index (χ1v) is 10.4. The van der Waals surface area contributed by atoms with Gasteiger partial charge in [-0.3, -0.25) is 4.79 Å². The van der Waals surface area contributed by atoms with Crippen molar-refractivity contribution in [2.45, 2.75) is 0 Å². The highest BCUT2D eigenvalue weighted by Gasteiger charge is 2.24. The fourth-order valence-electron chi connectivity index (χ4n) is 4.40. The Morgan fingerprint density at radius 2 is 1.78 bits per heavy atom. The first kappa shape index (κ1) is 19.9. The lowest BCUT2D eigenvalue weighted by Gasteiger charge is -2.35. The van der Waals surface area contributed by atoms with Gasteiger partial charge >= 0.3 is 0 Å². The molecule has 1 saturated heterocycles. The fraction of sp³-hybridized carbons (Fsp3) is 0.160. The van der Waals surface area contributed by atoms with Crippen molar-refractivity contribution in [3.05, 3.63) is 73.3 Å². The summed E-state index contributed by atoms with van der Waals surface area (Å²) in [6, 6.07) is 13.8. The number of carbonyl (C=O) groups is 1. The standard InChI is InChI=1S/C25H21FN4O2/c1-2-22(32)29-10-12-30(13-11-29)25-24-17-7-4-3-6-16(17)18(14-20(24)27-15-28-25)23-19(26)8-5-9-21(23)31/h2-9,14-15,31H,1,10-13H2. The van der Waals surface area contributed by atoms with Crippen LogP contribution in [0, 0.1) is 5.82 Å². The number of phenolic OH excluding ortho intramolecular Hbond substituents is 1. The molecule has 32 heavy (non-hydrogen) atoms. The van der Waals surface area contributed by atoms with E-state index in [9.17, 15) is 14.3 Å². The molecule has 1 aromatic heterocycles. The second-order valence-corrected chi connectivity index (χ2v) is 7.71. The second kappa shape index (κ2) is 7.92. The van der Waals surface area contributed by atoms with E-state index in [0.29, 0.717) is 37.3 Å². The molecular weight excluding hydrogens is 407 g/mol. The first-order valence-electron chi connectivity index (χ1n) is 10.4. The molecule has 0 radical (unpaired) electrons. The summed E-state index contributed by atoms with van der Waals surface area (Å²) in [4.78, 5) is 24.9. The maximum atomic E-state index is 14.7. The molecule has 1 N–H and O–H groups in total. The van der Waals surface area contributed by atoms with Gasteiger partial charge in [-0.1, -0.05) is 36.9 Å². The van der Waals surface area contributed by atoms with E-state index in [-0.39, 0.29) is 17.2 Å². The summed E-state index contributed by atoms with van der Waals surface area (Å²) in [5.74, 6) is 0.0942. The third-order valence-corrected chi connectivity index (χ3v) is 5.95. The van der Waals surface area contributed by atoms with E-state index in [1.54, 1.807) is 11.0 Å². The topological polar surface area (TPSA) is 69.6 Å². The van der Waals surface area contributed by atoms with E-state index in [2.05, 4.69) is 21.4 Å². The Morgan fingerprint density at radius 3 is 2.50 bits per heavy atom. The average molecular weight is 428 g/mol. The Balaban J connectivity index is 1.69. The normalized spacial score (nSPS) is 14.2. The number of fused-ring (bicyclic) bond motifs is 3. The molecule has 0 spiro atoms. The van der Waals surface area contributed by atoms with Crippen LogP contribution in [0.5, 0.6) is 5.75 Å². The fourth-order valence-corrected chi connectivity index (χ4v) is 4.40. The number of piperazine rings is 1. The van der Waals surface area contributed by atoms with Crippen molar-refractivity contribution in [3.8, 4) is 16.9 Å². The largest absolute Gasteiger partial charge is 0.507 e. The van der Waals surface area contributed by atoms with Gasteiger partial charge in [0.25, 0.3) is 0 Å². The van der Waals surface area contributed by atoms with Gasteiger partial charge in [0.05, 0.1) is 16.5 Å². The van der Waals surface area contributed by atoms with Crippen LogP contribution < -0.4 is 4.90 Å². The molecule has 1 aliphatic heterocycles. The van der Waals surface area contributed by atoms with Crippen LogP contribution in [-0.4, -0.2) is 52.1 Å². The van der Waals surface area contributed by atoms with Gasteiger partial charge in [0, 0.05) is 26.2 Å². The molecule has 7 heteroatoms. The summed E-state index contributed by atoms with van der Waals surface area (Å²) >= 11 is 0. The van der Waals surface area contributed by atoms with Gasteiger partial charge in [0.1, 0.15) is 23.7 Å². The number of anilines is 1. The van der Waals surface area contributed by atoms with Gasteiger partial charge in [0.2, 0.25) is 5.91 Å². The van der Waals surface area contributed by atoms with Crippen LogP contribution >= 0.6 is 0 Å². The minimum absolute atomic E-state index is 0.0722. The number of halogens is 1. The molecular formula is C25H21FN4O2. The van der Waals surface area contributed by atoms with Crippen LogP contribution in [-0.2, 0) is 4.79 Å². The van der Waals surface area contributed by atoms with E-state index in [4.69, 9.17) is 0 Å². The number of nitrogens with zero attached hydrogens (tertiary/aromatic N) is 4. The number of phenols is 1. The van der Waals surface area contributed by atoms with Crippen LogP contribution in [0.3, 0.4) is 0 Å². The SMILES string of the molecule is C=CC(=O)N1CCN(c2ncnc3cc(-c4c(O)cccc4F)c4ccccc4c23)CC1. The average Bonchev–Trinajstić information content (AvgIpc) is 2.83. The predicted molar refractivity (Wildman–Crippen MR) is 123 cm³/mol. The van der Waals surface area contributed by atoms with Gasteiger partial charge < -0.3 is 14.9 Å². The van der Waals surface area contributed by atoms with E-state index in [1.165, 1.54) is 30.6 Å².